The summed E-state index contributed by atoms with van der Waals surface area (Å²) in [6.07, 6.45) is 0. The molecule has 2 heteroatoms. The van der Waals surface area contributed by atoms with E-state index >= 15 is 0 Å². The van der Waals surface area contributed by atoms with Gasteiger partial charge in [-0.15, -0.1) is 0 Å². The van der Waals surface area contributed by atoms with Gasteiger partial charge in [0.15, 0.2) is 5.82 Å². The number of fused-ring (bicyclic) bond motifs is 15. The van der Waals surface area contributed by atoms with Gasteiger partial charge >= 0.3 is 0 Å². The number of nitrogens with zero attached hydrogens (tertiary/aromatic N) is 2. The highest BCUT2D eigenvalue weighted by atomic mass is 14.9. The van der Waals surface area contributed by atoms with Crippen LogP contribution in [0.15, 0.2) is 218 Å². The lowest BCUT2D eigenvalue weighted by Crippen LogP contribution is -2.25. The molecule has 2 nitrogen and oxygen atoms in total. The first-order chi connectivity index (χ1) is 32.5. The van der Waals surface area contributed by atoms with E-state index in [1.807, 2.05) is 0 Å². The van der Waals surface area contributed by atoms with Crippen LogP contribution < -0.4 is 0 Å². The molecule has 0 fully saturated rings. The van der Waals surface area contributed by atoms with Crippen molar-refractivity contribution in [2.75, 3.05) is 0 Å². The zero-order valence-corrected chi connectivity index (χ0v) is 36.7. The summed E-state index contributed by atoms with van der Waals surface area (Å²) in [5.74, 6) is 0.713. The average Bonchev–Trinajstić information content (AvgIpc) is 3.93. The second-order valence-electron chi connectivity index (χ2n) is 18.8. The lowest BCUT2D eigenvalue weighted by Gasteiger charge is -2.30. The van der Waals surface area contributed by atoms with Crippen molar-refractivity contribution in [1.29, 1.82) is 0 Å². The van der Waals surface area contributed by atoms with Crippen LogP contribution in [-0.2, 0) is 10.8 Å². The van der Waals surface area contributed by atoms with E-state index in [0.717, 1.165) is 33.5 Å². The maximum atomic E-state index is 5.41. The van der Waals surface area contributed by atoms with E-state index in [4.69, 9.17) is 9.97 Å². The maximum absolute atomic E-state index is 5.41. The molecule has 3 aliphatic rings. The molecule has 10 aromatic carbocycles. The molecule has 0 unspecified atom stereocenters. The second kappa shape index (κ2) is 13.7. The number of hydrogen-bond donors (Lipinski definition) is 0. The fourth-order valence-electron chi connectivity index (χ4n) is 12.2. The molecule has 14 rings (SSSR count). The van der Waals surface area contributed by atoms with Gasteiger partial charge in [0.05, 0.1) is 16.8 Å². The van der Waals surface area contributed by atoms with Crippen LogP contribution in [0.3, 0.4) is 0 Å². The van der Waals surface area contributed by atoms with Crippen molar-refractivity contribution in [2.24, 2.45) is 0 Å². The minimum atomic E-state index is -0.406. The third kappa shape index (κ3) is 5.01. The van der Waals surface area contributed by atoms with Gasteiger partial charge in [-0.1, -0.05) is 208 Å². The number of hydrogen-bond acceptors (Lipinski definition) is 2. The zero-order chi connectivity index (χ0) is 43.7. The molecular formula is C64H42N2. The molecule has 1 spiro atoms. The minimum Gasteiger partial charge on any atom is -0.228 e. The summed E-state index contributed by atoms with van der Waals surface area (Å²) in [5, 5.41) is 4.86. The Balaban J connectivity index is 0.967. The van der Waals surface area contributed by atoms with Crippen LogP contribution >= 0.6 is 0 Å². The first-order valence-corrected chi connectivity index (χ1v) is 23.1. The molecule has 0 saturated carbocycles. The van der Waals surface area contributed by atoms with Gasteiger partial charge in [0.2, 0.25) is 0 Å². The molecule has 66 heavy (non-hydrogen) atoms. The van der Waals surface area contributed by atoms with Gasteiger partial charge in [0.25, 0.3) is 0 Å². The summed E-state index contributed by atoms with van der Waals surface area (Å²) < 4.78 is 0. The molecular weight excluding hydrogens is 797 g/mol. The quantitative estimate of drug-likeness (QED) is 0.176. The molecule has 0 radical (unpaired) electrons. The molecule has 0 N–H and O–H groups in total. The average molecular weight is 839 g/mol. The summed E-state index contributed by atoms with van der Waals surface area (Å²) in [6, 6.07) is 80.7. The van der Waals surface area contributed by atoms with Gasteiger partial charge in [-0.3, -0.25) is 0 Å². The molecule has 11 aromatic rings. The Labute approximate surface area is 384 Å². The SMILES string of the molecule is CC1(C)c2cc3ccccc3cc2-c2c(-c3cc(-c4ccc(-c5ccc6c(c5)C5(c7ccccc7-c7ccccc75)c5ccccc5-6)c5ccccc45)nc(-c4ccccc4)n3)cccc21. The molecule has 3 aliphatic carbocycles. The van der Waals surface area contributed by atoms with Crippen molar-refractivity contribution in [2.45, 2.75) is 24.7 Å². The normalized spacial score (nSPS) is 14.2. The van der Waals surface area contributed by atoms with Gasteiger partial charge in [0.1, 0.15) is 0 Å². The van der Waals surface area contributed by atoms with Crippen LogP contribution in [0.4, 0.5) is 0 Å². The van der Waals surface area contributed by atoms with Crippen molar-refractivity contribution < 1.29 is 0 Å². The Morgan fingerprint density at radius 3 is 1.48 bits per heavy atom. The van der Waals surface area contributed by atoms with Crippen LogP contribution in [0, 0.1) is 0 Å². The highest BCUT2D eigenvalue weighted by Gasteiger charge is 2.51. The highest BCUT2D eigenvalue weighted by Crippen LogP contribution is 2.63. The lowest BCUT2D eigenvalue weighted by molar-refractivity contribution is 0.661. The topological polar surface area (TPSA) is 25.8 Å². The Kier molecular flexibility index (Phi) is 7.70. The first-order valence-electron chi connectivity index (χ1n) is 23.1. The van der Waals surface area contributed by atoms with Crippen molar-refractivity contribution in [3.63, 3.8) is 0 Å². The van der Waals surface area contributed by atoms with Gasteiger partial charge in [0, 0.05) is 22.1 Å². The molecule has 0 atom stereocenters. The van der Waals surface area contributed by atoms with Crippen LogP contribution in [0.2, 0.25) is 0 Å². The van der Waals surface area contributed by atoms with Gasteiger partial charge < -0.3 is 0 Å². The molecule has 0 aliphatic heterocycles. The standard InChI is InChI=1S/C64H42N2/c1-63(2)56-30-16-26-51(61(56)52-35-40-19-6-7-20-41(40)36-57(52)63)60-38-59(65-62(66-60)39-17-4-3-5-18-39)50-34-33-43(44-21-8-9-22-45(44)50)42-31-32-49-48-25-12-15-29-55(48)64(58(49)37-42)53-27-13-10-23-46(53)47-24-11-14-28-54(47)64/h3-38H,1-2H3. The highest BCUT2D eigenvalue weighted by molar-refractivity contribution is 6.06. The van der Waals surface area contributed by atoms with E-state index in [2.05, 4.69) is 232 Å². The molecule has 1 heterocycles. The summed E-state index contributed by atoms with van der Waals surface area (Å²) in [6.45, 7) is 4.71. The van der Waals surface area contributed by atoms with Gasteiger partial charge in [-0.2, -0.15) is 0 Å². The monoisotopic (exact) mass is 838 g/mol. The van der Waals surface area contributed by atoms with Crippen molar-refractivity contribution in [3.05, 3.63) is 252 Å². The van der Waals surface area contributed by atoms with Gasteiger partial charge in [-0.25, -0.2) is 9.97 Å². The molecule has 0 saturated heterocycles. The number of aromatic nitrogens is 2. The number of benzene rings is 10. The Morgan fingerprint density at radius 2 is 0.803 bits per heavy atom. The van der Waals surface area contributed by atoms with Crippen molar-refractivity contribution in [1.82, 2.24) is 9.97 Å². The molecule has 0 amide bonds. The maximum Gasteiger partial charge on any atom is 0.160 e. The third-order valence-corrected chi connectivity index (χ3v) is 15.1. The zero-order valence-electron chi connectivity index (χ0n) is 36.7. The minimum absolute atomic E-state index is 0.167. The van der Waals surface area contributed by atoms with Crippen molar-refractivity contribution >= 4 is 21.5 Å². The number of rotatable bonds is 4. The van der Waals surface area contributed by atoms with E-state index in [0.29, 0.717) is 5.82 Å². The van der Waals surface area contributed by atoms with Gasteiger partial charge in [-0.05, 0) is 124 Å². The fourth-order valence-corrected chi connectivity index (χ4v) is 12.2. The Bertz CT molecular complexity index is 3790. The van der Waals surface area contributed by atoms with Crippen LogP contribution in [-0.4, -0.2) is 9.97 Å². The van der Waals surface area contributed by atoms with E-state index < -0.39 is 5.41 Å². The molecule has 1 aromatic heterocycles. The summed E-state index contributed by atoms with van der Waals surface area (Å²) in [4.78, 5) is 10.8. The Morgan fingerprint density at radius 1 is 0.303 bits per heavy atom. The fraction of sp³-hybridized carbons (Fsp3) is 0.0625. The predicted molar refractivity (Wildman–Crippen MR) is 273 cm³/mol. The molecule has 0 bridgehead atoms. The van der Waals surface area contributed by atoms with Crippen LogP contribution in [0.5, 0.6) is 0 Å². The first kappa shape index (κ1) is 37.2. The summed E-state index contributed by atoms with van der Waals surface area (Å²) >= 11 is 0. The molecule has 308 valence electrons. The third-order valence-electron chi connectivity index (χ3n) is 15.1. The van der Waals surface area contributed by atoms with E-state index in [-0.39, 0.29) is 5.41 Å². The van der Waals surface area contributed by atoms with E-state index in [1.54, 1.807) is 0 Å². The largest absolute Gasteiger partial charge is 0.228 e. The van der Waals surface area contributed by atoms with Crippen LogP contribution in [0.25, 0.3) is 100.0 Å². The second-order valence-corrected chi connectivity index (χ2v) is 18.8. The summed E-state index contributed by atoms with van der Waals surface area (Å²) in [5.41, 5.74) is 22.7. The lowest BCUT2D eigenvalue weighted by atomic mass is 9.70. The van der Waals surface area contributed by atoms with Crippen molar-refractivity contribution in [3.8, 4) is 78.4 Å². The van der Waals surface area contributed by atoms with Crippen LogP contribution in [0.1, 0.15) is 47.2 Å². The Hall–Kier alpha value is -8.20. The van der Waals surface area contributed by atoms with E-state index in [9.17, 15) is 0 Å². The predicted octanol–water partition coefficient (Wildman–Crippen LogP) is 16.1. The summed E-state index contributed by atoms with van der Waals surface area (Å²) in [7, 11) is 0. The smallest absolute Gasteiger partial charge is 0.160 e. The van der Waals surface area contributed by atoms with E-state index in [1.165, 1.54) is 94.0 Å².